The summed E-state index contributed by atoms with van der Waals surface area (Å²) in [6, 6.07) is 13.1. The first-order chi connectivity index (χ1) is 17.6. The lowest BCUT2D eigenvalue weighted by atomic mass is 9.73. The molecule has 0 saturated carbocycles. The number of non-ortho nitro benzene ring substituents is 1. The van der Waals surface area contributed by atoms with Gasteiger partial charge in [-0.1, -0.05) is 26.0 Å². The Balaban J connectivity index is 1.82. The molecule has 1 atom stereocenters. The van der Waals surface area contributed by atoms with Crippen LogP contribution in [0.4, 0.5) is 17.1 Å². The van der Waals surface area contributed by atoms with Crippen LogP contribution in [0.3, 0.4) is 0 Å². The summed E-state index contributed by atoms with van der Waals surface area (Å²) < 4.78 is 10.3. The van der Waals surface area contributed by atoms with Gasteiger partial charge in [0.05, 0.1) is 35.4 Å². The lowest BCUT2D eigenvalue weighted by Gasteiger charge is -2.37. The Morgan fingerprint density at radius 1 is 1.16 bits per heavy atom. The standard InChI is InChI=1S/C27H32N4O6/c1-27(2)13-20-25(22(32)14-27)26(17-9-11-18(12-10-17)31(34)35)30(21-8-6-5-7-19(21)29-20)16-23(33)28-15-24(36-3)37-4/h5-12,24,26,29H,13-16H2,1-4H3,(H,28,33). The molecule has 0 aromatic heterocycles. The number of anilines is 2. The number of allylic oxidation sites excluding steroid dienone is 1. The van der Waals surface area contributed by atoms with E-state index >= 15 is 0 Å². The molecule has 2 aromatic rings. The van der Waals surface area contributed by atoms with E-state index in [0.717, 1.165) is 17.1 Å². The molecule has 196 valence electrons. The highest BCUT2D eigenvalue weighted by atomic mass is 16.7. The van der Waals surface area contributed by atoms with E-state index in [1.54, 1.807) is 12.1 Å². The highest BCUT2D eigenvalue weighted by molar-refractivity contribution is 6.01. The summed E-state index contributed by atoms with van der Waals surface area (Å²) in [7, 11) is 2.98. The Labute approximate surface area is 215 Å². The van der Waals surface area contributed by atoms with Gasteiger partial charge >= 0.3 is 0 Å². The zero-order valence-corrected chi connectivity index (χ0v) is 21.4. The number of nitro groups is 1. The molecule has 2 aromatic carbocycles. The predicted octanol–water partition coefficient (Wildman–Crippen LogP) is 3.95. The van der Waals surface area contributed by atoms with Gasteiger partial charge in [-0.2, -0.15) is 0 Å². The average molecular weight is 509 g/mol. The summed E-state index contributed by atoms with van der Waals surface area (Å²) in [5.41, 5.74) is 3.31. The second-order valence-corrected chi connectivity index (χ2v) is 10.1. The number of carbonyl (C=O) groups excluding carboxylic acids is 2. The molecule has 1 amide bonds. The molecule has 2 aliphatic rings. The average Bonchev–Trinajstić information content (AvgIpc) is 2.98. The fraction of sp³-hybridized carbons (Fsp3) is 0.407. The zero-order chi connectivity index (χ0) is 26.7. The molecule has 1 aliphatic carbocycles. The van der Waals surface area contributed by atoms with Gasteiger partial charge in [-0.15, -0.1) is 0 Å². The van der Waals surface area contributed by atoms with Gasteiger partial charge in [-0.05, 0) is 41.7 Å². The minimum absolute atomic E-state index is 0.0147. The monoisotopic (exact) mass is 508 g/mol. The lowest BCUT2D eigenvalue weighted by molar-refractivity contribution is -0.384. The fourth-order valence-corrected chi connectivity index (χ4v) is 5.02. The molecule has 0 fully saturated rings. The largest absolute Gasteiger partial charge is 0.357 e. The highest BCUT2D eigenvalue weighted by Crippen LogP contribution is 2.48. The molecule has 1 aliphatic heterocycles. The van der Waals surface area contributed by atoms with Crippen LogP contribution in [0.2, 0.25) is 0 Å². The number of ether oxygens (including phenoxy) is 2. The van der Waals surface area contributed by atoms with Crippen molar-refractivity contribution in [3.63, 3.8) is 0 Å². The first kappa shape index (κ1) is 26.3. The molecule has 2 N–H and O–H groups in total. The van der Waals surface area contributed by atoms with Gasteiger partial charge in [0.25, 0.3) is 5.69 Å². The van der Waals surface area contributed by atoms with Gasteiger partial charge in [0.1, 0.15) is 0 Å². The van der Waals surface area contributed by atoms with Crippen LogP contribution in [-0.2, 0) is 19.1 Å². The van der Waals surface area contributed by atoms with Crippen molar-refractivity contribution < 1.29 is 24.0 Å². The van der Waals surface area contributed by atoms with Gasteiger partial charge in [-0.3, -0.25) is 19.7 Å². The van der Waals surface area contributed by atoms with Crippen LogP contribution in [0, 0.1) is 15.5 Å². The van der Waals surface area contributed by atoms with Crippen LogP contribution in [0.1, 0.15) is 38.3 Å². The van der Waals surface area contributed by atoms with E-state index in [0.29, 0.717) is 24.0 Å². The number of hydrogen-bond acceptors (Lipinski definition) is 8. The van der Waals surface area contributed by atoms with Crippen molar-refractivity contribution in [1.82, 2.24) is 5.32 Å². The van der Waals surface area contributed by atoms with Gasteiger partial charge in [0.15, 0.2) is 12.1 Å². The summed E-state index contributed by atoms with van der Waals surface area (Å²) in [6.45, 7) is 4.21. The molecular formula is C27H32N4O6. The summed E-state index contributed by atoms with van der Waals surface area (Å²) in [4.78, 5) is 39.5. The first-order valence-corrected chi connectivity index (χ1v) is 12.1. The Bertz CT molecular complexity index is 1220. The maximum Gasteiger partial charge on any atom is 0.269 e. The van der Waals surface area contributed by atoms with Crippen molar-refractivity contribution in [3.8, 4) is 0 Å². The molecule has 0 bridgehead atoms. The second-order valence-electron chi connectivity index (χ2n) is 10.1. The van der Waals surface area contributed by atoms with Crippen LogP contribution < -0.4 is 15.5 Å². The molecule has 1 unspecified atom stereocenters. The number of hydrogen-bond donors (Lipinski definition) is 2. The van der Waals surface area contributed by atoms with Crippen LogP contribution in [0.15, 0.2) is 59.8 Å². The Hall–Kier alpha value is -3.76. The maximum absolute atomic E-state index is 13.7. The zero-order valence-electron chi connectivity index (χ0n) is 21.4. The highest BCUT2D eigenvalue weighted by Gasteiger charge is 2.42. The van der Waals surface area contributed by atoms with E-state index < -0.39 is 17.3 Å². The van der Waals surface area contributed by atoms with Gasteiger partial charge in [-0.25, -0.2) is 0 Å². The lowest BCUT2D eigenvalue weighted by Crippen LogP contribution is -2.44. The predicted molar refractivity (Wildman–Crippen MR) is 139 cm³/mol. The Morgan fingerprint density at radius 3 is 2.49 bits per heavy atom. The molecule has 10 heteroatoms. The van der Waals surface area contributed by atoms with E-state index in [-0.39, 0.29) is 35.9 Å². The molecule has 4 rings (SSSR count). The molecule has 0 saturated heterocycles. The molecule has 37 heavy (non-hydrogen) atoms. The number of benzene rings is 2. The van der Waals surface area contributed by atoms with Crippen molar-refractivity contribution in [3.05, 3.63) is 75.5 Å². The summed E-state index contributed by atoms with van der Waals surface area (Å²) in [5.74, 6) is -0.299. The van der Waals surface area contributed by atoms with E-state index in [1.165, 1.54) is 26.4 Å². The molecular weight excluding hydrogens is 476 g/mol. The third-order valence-corrected chi connectivity index (χ3v) is 6.73. The number of fused-ring (bicyclic) bond motifs is 1. The number of Topliss-reactive ketones (excluding diaryl/α,β-unsaturated/α-hetero) is 1. The van der Waals surface area contributed by atoms with Crippen molar-refractivity contribution in [2.75, 3.05) is 37.5 Å². The number of methoxy groups -OCH3 is 2. The van der Waals surface area contributed by atoms with Crippen LogP contribution >= 0.6 is 0 Å². The third kappa shape index (κ3) is 5.65. The van der Waals surface area contributed by atoms with E-state index in [4.69, 9.17) is 9.47 Å². The maximum atomic E-state index is 13.7. The van der Waals surface area contributed by atoms with Crippen LogP contribution in [0.5, 0.6) is 0 Å². The number of amides is 1. The number of nitrogens with zero attached hydrogens (tertiary/aromatic N) is 2. The molecule has 0 spiro atoms. The number of nitro benzene ring substituents is 1. The van der Waals surface area contributed by atoms with Crippen LogP contribution in [-0.4, -0.2) is 50.2 Å². The minimum Gasteiger partial charge on any atom is -0.357 e. The van der Waals surface area contributed by atoms with E-state index in [9.17, 15) is 19.7 Å². The van der Waals surface area contributed by atoms with Crippen molar-refractivity contribution in [1.29, 1.82) is 0 Å². The van der Waals surface area contributed by atoms with Crippen molar-refractivity contribution in [2.45, 2.75) is 39.0 Å². The summed E-state index contributed by atoms with van der Waals surface area (Å²) in [6.07, 6.45) is 0.412. The second kappa shape index (κ2) is 10.7. The Morgan fingerprint density at radius 2 is 1.84 bits per heavy atom. The minimum atomic E-state index is -0.623. The van der Waals surface area contributed by atoms with Gasteiger partial charge in [0, 0.05) is 44.0 Å². The molecule has 1 heterocycles. The smallest absolute Gasteiger partial charge is 0.269 e. The molecule has 0 radical (unpaired) electrons. The van der Waals surface area contributed by atoms with Crippen LogP contribution in [0.25, 0.3) is 0 Å². The fourth-order valence-electron chi connectivity index (χ4n) is 5.02. The van der Waals surface area contributed by atoms with E-state index in [1.807, 2.05) is 29.2 Å². The number of para-hydroxylation sites is 2. The summed E-state index contributed by atoms with van der Waals surface area (Å²) in [5, 5.41) is 17.6. The molecule has 10 nitrogen and oxygen atoms in total. The topological polar surface area (TPSA) is 123 Å². The number of carbonyl (C=O) groups is 2. The van der Waals surface area contributed by atoms with Gasteiger partial charge < -0.3 is 25.0 Å². The third-order valence-electron chi connectivity index (χ3n) is 6.73. The van der Waals surface area contributed by atoms with Crippen molar-refractivity contribution >= 4 is 28.8 Å². The number of ketones is 1. The normalized spacial score (nSPS) is 18.6. The number of nitrogens with one attached hydrogen (secondary N) is 2. The number of rotatable bonds is 8. The van der Waals surface area contributed by atoms with Gasteiger partial charge in [0.2, 0.25) is 5.91 Å². The summed E-state index contributed by atoms with van der Waals surface area (Å²) >= 11 is 0. The Kier molecular flexibility index (Phi) is 7.60. The van der Waals surface area contributed by atoms with Crippen molar-refractivity contribution in [2.24, 2.45) is 5.41 Å². The SMILES string of the molecule is COC(CNC(=O)CN1c2ccccc2NC2=C(C(=O)CC(C)(C)C2)C1c1ccc([N+](=O)[O-])cc1)OC. The van der Waals surface area contributed by atoms with E-state index in [2.05, 4.69) is 24.5 Å². The first-order valence-electron chi connectivity index (χ1n) is 12.1. The quantitative estimate of drug-likeness (QED) is 0.312.